The summed E-state index contributed by atoms with van der Waals surface area (Å²) in [5.41, 5.74) is 0. The molecule has 0 aromatic carbocycles. The van der Waals surface area contributed by atoms with Crippen LogP contribution in [0.25, 0.3) is 0 Å². The Morgan fingerprint density at radius 2 is 2.11 bits per heavy atom. The third-order valence-electron chi connectivity index (χ3n) is 2.15. The second-order valence-corrected chi connectivity index (χ2v) is 4.22. The molecule has 1 amide bonds. The van der Waals surface area contributed by atoms with Gasteiger partial charge in [0.25, 0.3) is 0 Å². The summed E-state index contributed by atoms with van der Waals surface area (Å²) < 4.78 is 5.05. The van der Waals surface area contributed by atoms with E-state index in [1.165, 1.54) is 6.07 Å². The van der Waals surface area contributed by atoms with Crippen molar-refractivity contribution in [2.24, 2.45) is 0 Å². The third-order valence-corrected chi connectivity index (χ3v) is 2.15. The van der Waals surface area contributed by atoms with Gasteiger partial charge in [-0.1, -0.05) is 0 Å². The summed E-state index contributed by atoms with van der Waals surface area (Å²) in [5.74, 6) is -0.637. The van der Waals surface area contributed by atoms with Crippen molar-refractivity contribution in [3.63, 3.8) is 0 Å². The van der Waals surface area contributed by atoms with Crippen molar-refractivity contribution in [3.05, 3.63) is 23.7 Å². The molecular formula is C12H18N2O4. The summed E-state index contributed by atoms with van der Waals surface area (Å²) in [6.07, 6.45) is 0.380. The quantitative estimate of drug-likeness (QED) is 0.631. The first kappa shape index (κ1) is 14.2. The van der Waals surface area contributed by atoms with Crippen molar-refractivity contribution >= 4 is 11.9 Å². The third kappa shape index (κ3) is 5.01. The first-order chi connectivity index (χ1) is 8.49. The van der Waals surface area contributed by atoms with Crippen LogP contribution in [0.1, 0.15) is 36.6 Å². The zero-order chi connectivity index (χ0) is 13.5. The number of carboxylic acid groups (broad SMARTS) is 1. The molecular weight excluding hydrogens is 236 g/mol. The highest BCUT2D eigenvalue weighted by molar-refractivity contribution is 5.84. The van der Waals surface area contributed by atoms with Gasteiger partial charge in [0, 0.05) is 19.0 Å². The second-order valence-electron chi connectivity index (χ2n) is 4.22. The lowest BCUT2D eigenvalue weighted by molar-refractivity contribution is -0.121. The average molecular weight is 254 g/mol. The molecule has 6 nitrogen and oxygen atoms in total. The van der Waals surface area contributed by atoms with Gasteiger partial charge in [0.15, 0.2) is 0 Å². The summed E-state index contributed by atoms with van der Waals surface area (Å²) >= 11 is 0. The number of furan rings is 1. The van der Waals surface area contributed by atoms with Crippen LogP contribution >= 0.6 is 0 Å². The lowest BCUT2D eigenvalue weighted by Gasteiger charge is -2.08. The molecule has 0 spiro atoms. The van der Waals surface area contributed by atoms with Crippen LogP contribution in [0.15, 0.2) is 16.5 Å². The van der Waals surface area contributed by atoms with Crippen LogP contribution in [0.2, 0.25) is 0 Å². The van der Waals surface area contributed by atoms with Crippen molar-refractivity contribution in [1.82, 2.24) is 10.6 Å². The van der Waals surface area contributed by atoms with Crippen molar-refractivity contribution in [3.8, 4) is 0 Å². The van der Waals surface area contributed by atoms with E-state index in [4.69, 9.17) is 9.52 Å². The summed E-state index contributed by atoms with van der Waals surface area (Å²) in [4.78, 5) is 21.9. The van der Waals surface area contributed by atoms with E-state index in [9.17, 15) is 9.59 Å². The summed E-state index contributed by atoms with van der Waals surface area (Å²) in [5, 5.41) is 14.5. The van der Waals surface area contributed by atoms with Crippen molar-refractivity contribution in [1.29, 1.82) is 0 Å². The van der Waals surface area contributed by atoms with Gasteiger partial charge >= 0.3 is 5.97 Å². The molecule has 100 valence electrons. The number of nitrogens with one attached hydrogen (secondary N) is 2. The van der Waals surface area contributed by atoms with E-state index < -0.39 is 5.97 Å². The molecule has 1 aromatic rings. The second kappa shape index (κ2) is 6.80. The Balaban J connectivity index is 2.21. The largest absolute Gasteiger partial charge is 0.475 e. The van der Waals surface area contributed by atoms with E-state index >= 15 is 0 Å². The lowest BCUT2D eigenvalue weighted by Crippen LogP contribution is -2.32. The van der Waals surface area contributed by atoms with Crippen LogP contribution < -0.4 is 10.6 Å². The summed E-state index contributed by atoms with van der Waals surface area (Å²) in [7, 11) is 0. The molecule has 0 atom stereocenters. The molecule has 0 fully saturated rings. The van der Waals surface area contributed by atoms with Gasteiger partial charge in [0.1, 0.15) is 5.76 Å². The predicted molar refractivity (Wildman–Crippen MR) is 65.3 cm³/mol. The molecule has 0 bridgehead atoms. The van der Waals surface area contributed by atoms with Crippen LogP contribution in [0.3, 0.4) is 0 Å². The number of carbonyl (C=O) groups is 2. The maximum Gasteiger partial charge on any atom is 0.371 e. The molecule has 0 saturated carbocycles. The Morgan fingerprint density at radius 3 is 2.67 bits per heavy atom. The molecule has 3 N–H and O–H groups in total. The molecule has 1 aromatic heterocycles. The number of carboxylic acids is 1. The Morgan fingerprint density at radius 1 is 1.39 bits per heavy atom. The van der Waals surface area contributed by atoms with Crippen molar-refractivity contribution in [2.75, 3.05) is 6.54 Å². The molecule has 0 aliphatic heterocycles. The predicted octanol–water partition coefficient (Wildman–Crippen LogP) is 0.982. The topological polar surface area (TPSA) is 91.6 Å². The van der Waals surface area contributed by atoms with Gasteiger partial charge in [-0.2, -0.15) is 0 Å². The number of hydrogen-bond acceptors (Lipinski definition) is 4. The van der Waals surface area contributed by atoms with Crippen LogP contribution in [-0.4, -0.2) is 29.6 Å². The Kier molecular flexibility index (Phi) is 5.38. The van der Waals surface area contributed by atoms with Gasteiger partial charge in [-0.3, -0.25) is 4.79 Å². The van der Waals surface area contributed by atoms with Gasteiger partial charge in [0.05, 0.1) is 6.54 Å². The number of hydrogen-bond donors (Lipinski definition) is 3. The van der Waals surface area contributed by atoms with Crippen molar-refractivity contribution < 1.29 is 19.1 Å². The maximum absolute atomic E-state index is 11.3. The first-order valence-electron chi connectivity index (χ1n) is 5.81. The van der Waals surface area contributed by atoms with Crippen LogP contribution in [0, 0.1) is 0 Å². The fourth-order valence-electron chi connectivity index (χ4n) is 1.40. The Labute approximate surface area is 105 Å². The molecule has 0 radical (unpaired) electrons. The normalized spacial score (nSPS) is 10.6. The number of carbonyl (C=O) groups excluding carboxylic acids is 1. The summed E-state index contributed by atoms with van der Waals surface area (Å²) in [6.45, 7) is 4.73. The van der Waals surface area contributed by atoms with E-state index in [-0.39, 0.29) is 17.7 Å². The zero-order valence-electron chi connectivity index (χ0n) is 10.5. The van der Waals surface area contributed by atoms with E-state index in [0.29, 0.717) is 25.3 Å². The Hall–Kier alpha value is -1.82. The molecule has 0 aliphatic rings. The number of amides is 1. The van der Waals surface area contributed by atoms with E-state index in [2.05, 4.69) is 10.6 Å². The maximum atomic E-state index is 11.3. The van der Waals surface area contributed by atoms with E-state index in [0.717, 1.165) is 0 Å². The summed E-state index contributed by atoms with van der Waals surface area (Å²) in [6, 6.07) is 3.15. The highest BCUT2D eigenvalue weighted by atomic mass is 16.4. The van der Waals surface area contributed by atoms with Crippen molar-refractivity contribution in [2.45, 2.75) is 32.9 Å². The van der Waals surface area contributed by atoms with Gasteiger partial charge in [0.2, 0.25) is 11.7 Å². The number of rotatable bonds is 7. The van der Waals surface area contributed by atoms with Gasteiger partial charge in [-0.25, -0.2) is 4.79 Å². The van der Waals surface area contributed by atoms with E-state index in [1.807, 2.05) is 13.8 Å². The minimum absolute atomic E-state index is 0.0110. The molecule has 0 aliphatic carbocycles. The molecule has 0 saturated heterocycles. The standard InChI is InChI=1S/C12H18N2O4/c1-8(2)14-11(15)5-6-13-7-9-3-4-10(18-9)12(16)17/h3-4,8,13H,5-7H2,1-2H3,(H,14,15)(H,16,17). The zero-order valence-corrected chi connectivity index (χ0v) is 10.5. The number of aromatic carboxylic acids is 1. The van der Waals surface area contributed by atoms with E-state index in [1.54, 1.807) is 6.07 Å². The van der Waals surface area contributed by atoms with Gasteiger partial charge < -0.3 is 20.2 Å². The van der Waals surface area contributed by atoms with Gasteiger partial charge in [-0.05, 0) is 26.0 Å². The molecule has 6 heteroatoms. The molecule has 1 rings (SSSR count). The average Bonchev–Trinajstić information content (AvgIpc) is 2.72. The lowest BCUT2D eigenvalue weighted by atomic mass is 10.3. The highest BCUT2D eigenvalue weighted by Gasteiger charge is 2.08. The molecule has 0 unspecified atom stereocenters. The molecule has 18 heavy (non-hydrogen) atoms. The van der Waals surface area contributed by atoms with Crippen LogP contribution in [0.5, 0.6) is 0 Å². The minimum atomic E-state index is -1.09. The van der Waals surface area contributed by atoms with Crippen LogP contribution in [0.4, 0.5) is 0 Å². The highest BCUT2D eigenvalue weighted by Crippen LogP contribution is 2.07. The SMILES string of the molecule is CC(C)NC(=O)CCNCc1ccc(C(=O)O)o1. The first-order valence-corrected chi connectivity index (χ1v) is 5.81. The fraction of sp³-hybridized carbons (Fsp3) is 0.500. The minimum Gasteiger partial charge on any atom is -0.475 e. The smallest absolute Gasteiger partial charge is 0.371 e. The Bertz CT molecular complexity index is 412. The van der Waals surface area contributed by atoms with Gasteiger partial charge in [-0.15, -0.1) is 0 Å². The monoisotopic (exact) mass is 254 g/mol. The van der Waals surface area contributed by atoms with Crippen LogP contribution in [-0.2, 0) is 11.3 Å². The fourth-order valence-corrected chi connectivity index (χ4v) is 1.40. The molecule has 1 heterocycles.